The van der Waals surface area contributed by atoms with Crippen LogP contribution in [-0.2, 0) is 9.59 Å². The van der Waals surface area contributed by atoms with Crippen molar-refractivity contribution in [3.8, 4) is 0 Å². The van der Waals surface area contributed by atoms with E-state index in [-0.39, 0.29) is 40.8 Å². The first kappa shape index (κ1) is 30.7. The van der Waals surface area contributed by atoms with Gasteiger partial charge in [0.2, 0.25) is 11.8 Å². The van der Waals surface area contributed by atoms with Crippen LogP contribution in [0, 0.1) is 5.41 Å². The molecule has 44 heavy (non-hydrogen) atoms. The zero-order valence-electron chi connectivity index (χ0n) is 26.4. The minimum Gasteiger partial charge on any atom is -0.369 e. The van der Waals surface area contributed by atoms with Crippen molar-refractivity contribution in [3.05, 3.63) is 58.6 Å². The number of hydrogen-bond donors (Lipinski definition) is 1. The maximum Gasteiger partial charge on any atom is 0.327 e. The van der Waals surface area contributed by atoms with Crippen molar-refractivity contribution in [2.24, 2.45) is 5.41 Å². The van der Waals surface area contributed by atoms with Crippen molar-refractivity contribution in [1.82, 2.24) is 29.2 Å². The van der Waals surface area contributed by atoms with Crippen LogP contribution < -0.4 is 10.6 Å². The molecular weight excluding hydrogens is 574 g/mol. The highest BCUT2D eigenvalue weighted by Gasteiger charge is 2.44. The molecule has 2 amide bonds. The van der Waals surface area contributed by atoms with Gasteiger partial charge in [-0.05, 0) is 49.9 Å². The third-order valence-electron chi connectivity index (χ3n) is 9.32. The van der Waals surface area contributed by atoms with Crippen LogP contribution in [0.5, 0.6) is 0 Å². The number of rotatable bonds is 7. The van der Waals surface area contributed by atoms with Gasteiger partial charge < -0.3 is 19.6 Å². The third-order valence-corrected chi connectivity index (χ3v) is 10.8. The van der Waals surface area contributed by atoms with Crippen LogP contribution in [0.4, 0.5) is 5.69 Å². The fourth-order valence-electron chi connectivity index (χ4n) is 6.66. The van der Waals surface area contributed by atoms with Crippen LogP contribution in [0.2, 0.25) is 0 Å². The van der Waals surface area contributed by atoms with E-state index in [4.69, 9.17) is 0 Å². The highest BCUT2D eigenvalue weighted by Crippen LogP contribution is 2.48. The van der Waals surface area contributed by atoms with Crippen molar-refractivity contribution in [3.63, 3.8) is 0 Å². The maximum absolute atomic E-state index is 14.0. The molecule has 2 aromatic heterocycles. The molecule has 6 rings (SSSR count). The molecule has 1 aromatic carbocycles. The number of para-hydroxylation sites is 1. The predicted octanol–water partition coefficient (Wildman–Crippen LogP) is 4.11. The van der Waals surface area contributed by atoms with Crippen molar-refractivity contribution in [2.45, 2.75) is 63.1 Å². The summed E-state index contributed by atoms with van der Waals surface area (Å²) in [6.07, 6.45) is 4.15. The van der Waals surface area contributed by atoms with Gasteiger partial charge in [0.05, 0.1) is 10.8 Å². The van der Waals surface area contributed by atoms with Crippen molar-refractivity contribution in [1.29, 1.82) is 0 Å². The molecule has 10 nitrogen and oxygen atoms in total. The van der Waals surface area contributed by atoms with Gasteiger partial charge in [-0.25, -0.2) is 9.78 Å². The molecule has 0 aliphatic carbocycles. The van der Waals surface area contributed by atoms with Crippen LogP contribution in [0.25, 0.3) is 11.2 Å². The van der Waals surface area contributed by atoms with Gasteiger partial charge in [0, 0.05) is 75.7 Å². The summed E-state index contributed by atoms with van der Waals surface area (Å²) in [7, 11) is 2.16. The molecule has 236 valence electrons. The van der Waals surface area contributed by atoms with E-state index in [0.29, 0.717) is 38.1 Å². The second-order valence-electron chi connectivity index (χ2n) is 13.7. The summed E-state index contributed by atoms with van der Waals surface area (Å²) < 4.78 is 1.79. The first-order chi connectivity index (χ1) is 21.1. The molecular formula is C33H45N7O3S. The van der Waals surface area contributed by atoms with Gasteiger partial charge in [-0.3, -0.25) is 19.1 Å². The standard InChI is InChI=1S/C33H45N7O3S/c1-33(2,3)13-17-39-30(42)27(44-31(39)24-8-5-6-9-25(24)37-20-18-36(4)19-21-37)22-28(41)38-15-11-23(12-16-38)40-26-10-7-14-34-29(26)35-32(40)43/h5-10,14,23,27,31H,11-13,15-22H2,1-4H3,(H,34,35,43)/t27?,31-/m0/s1. The zero-order chi connectivity index (χ0) is 31.0. The Morgan fingerprint density at radius 2 is 1.73 bits per heavy atom. The Balaban J connectivity index is 1.16. The Hall–Kier alpha value is -3.31. The van der Waals surface area contributed by atoms with Gasteiger partial charge in [0.25, 0.3) is 0 Å². The zero-order valence-corrected chi connectivity index (χ0v) is 27.2. The van der Waals surface area contributed by atoms with Crippen molar-refractivity contribution < 1.29 is 9.59 Å². The van der Waals surface area contributed by atoms with Gasteiger partial charge in [-0.15, -0.1) is 11.8 Å². The van der Waals surface area contributed by atoms with E-state index in [1.54, 1.807) is 22.5 Å². The number of nitrogens with one attached hydrogen (secondary N) is 1. The first-order valence-electron chi connectivity index (χ1n) is 15.9. The summed E-state index contributed by atoms with van der Waals surface area (Å²) in [6, 6.07) is 12.3. The number of likely N-dealkylation sites (tertiary alicyclic amines) is 1. The largest absolute Gasteiger partial charge is 0.369 e. The van der Waals surface area contributed by atoms with E-state index in [1.807, 2.05) is 21.9 Å². The summed E-state index contributed by atoms with van der Waals surface area (Å²) in [6.45, 7) is 12.4. The number of benzene rings is 1. The number of piperidine rings is 1. The number of imidazole rings is 1. The summed E-state index contributed by atoms with van der Waals surface area (Å²) in [5.74, 6) is 0.0875. The molecule has 3 aliphatic rings. The third kappa shape index (κ3) is 6.40. The number of carbonyl (C=O) groups excluding carboxylic acids is 2. The number of thioether (sulfide) groups is 1. The van der Waals surface area contributed by atoms with E-state index in [9.17, 15) is 14.4 Å². The van der Waals surface area contributed by atoms with Crippen molar-refractivity contribution in [2.75, 3.05) is 57.8 Å². The SMILES string of the molecule is CN1CCN(c2ccccc2[C@@H]2SC(CC(=O)N3CCC(n4c(=O)[nH]c5ncccc54)CC3)C(=O)N2CCC(C)(C)C)CC1. The number of likely N-dealkylation sites (N-methyl/N-ethyl adjacent to an activating group) is 1. The fourth-order valence-corrected chi connectivity index (χ4v) is 8.17. The maximum atomic E-state index is 14.0. The molecule has 0 saturated carbocycles. The number of anilines is 1. The molecule has 0 radical (unpaired) electrons. The molecule has 1 unspecified atom stereocenters. The van der Waals surface area contributed by atoms with E-state index < -0.39 is 5.25 Å². The number of piperazine rings is 1. The van der Waals surface area contributed by atoms with Gasteiger partial charge in [-0.1, -0.05) is 39.0 Å². The average molecular weight is 620 g/mol. The quantitative estimate of drug-likeness (QED) is 0.425. The van der Waals surface area contributed by atoms with E-state index in [0.717, 1.165) is 38.1 Å². The van der Waals surface area contributed by atoms with Gasteiger partial charge >= 0.3 is 5.69 Å². The van der Waals surface area contributed by atoms with Gasteiger partial charge in [0.1, 0.15) is 5.37 Å². The smallest absolute Gasteiger partial charge is 0.327 e. The predicted molar refractivity (Wildman–Crippen MR) is 176 cm³/mol. The number of pyridine rings is 1. The Bertz CT molecular complexity index is 1550. The Morgan fingerprint density at radius 1 is 1.00 bits per heavy atom. The van der Waals surface area contributed by atoms with E-state index in [1.165, 1.54) is 11.3 Å². The number of carbonyl (C=O) groups is 2. The molecule has 2 atom stereocenters. The molecule has 0 bridgehead atoms. The number of aromatic amines is 1. The second kappa shape index (κ2) is 12.6. The molecule has 3 aliphatic heterocycles. The van der Waals surface area contributed by atoms with Crippen LogP contribution in [0.15, 0.2) is 47.4 Å². The fraction of sp³-hybridized carbons (Fsp3) is 0.576. The Labute approximate surface area is 263 Å². The lowest BCUT2D eigenvalue weighted by Crippen LogP contribution is -2.45. The van der Waals surface area contributed by atoms with Gasteiger partial charge in [0.15, 0.2) is 5.65 Å². The summed E-state index contributed by atoms with van der Waals surface area (Å²) >= 11 is 1.64. The molecule has 3 saturated heterocycles. The molecule has 0 spiro atoms. The lowest BCUT2D eigenvalue weighted by molar-refractivity contribution is -0.136. The van der Waals surface area contributed by atoms with E-state index in [2.05, 4.69) is 71.9 Å². The number of hydrogen-bond acceptors (Lipinski definition) is 7. The van der Waals surface area contributed by atoms with E-state index >= 15 is 0 Å². The minimum absolute atomic E-state index is 0.00957. The Kier molecular flexibility index (Phi) is 8.79. The molecule has 3 fully saturated rings. The number of aromatic nitrogens is 3. The number of nitrogens with zero attached hydrogens (tertiary/aromatic N) is 6. The molecule has 11 heteroatoms. The minimum atomic E-state index is -0.409. The molecule has 5 heterocycles. The van der Waals surface area contributed by atoms with Gasteiger partial charge in [-0.2, -0.15) is 0 Å². The van der Waals surface area contributed by atoms with Crippen LogP contribution >= 0.6 is 11.8 Å². The lowest BCUT2D eigenvalue weighted by Gasteiger charge is -2.37. The highest BCUT2D eigenvalue weighted by molar-refractivity contribution is 8.01. The van der Waals surface area contributed by atoms with Crippen LogP contribution in [0.3, 0.4) is 0 Å². The Morgan fingerprint density at radius 3 is 2.45 bits per heavy atom. The molecule has 3 aromatic rings. The number of H-pyrrole nitrogens is 1. The normalized spacial score (nSPS) is 22.4. The second-order valence-corrected chi connectivity index (χ2v) is 14.9. The highest BCUT2D eigenvalue weighted by atomic mass is 32.2. The summed E-state index contributed by atoms with van der Waals surface area (Å²) in [4.78, 5) is 56.1. The monoisotopic (exact) mass is 619 g/mol. The average Bonchev–Trinajstić information content (AvgIpc) is 3.51. The lowest BCUT2D eigenvalue weighted by atomic mass is 9.92. The summed E-state index contributed by atoms with van der Waals surface area (Å²) in [5, 5.41) is -0.528. The van der Waals surface area contributed by atoms with Crippen LogP contribution in [-0.4, -0.2) is 99.2 Å². The topological polar surface area (TPSA) is 97.8 Å². The first-order valence-corrected chi connectivity index (χ1v) is 16.8. The van der Waals surface area contributed by atoms with Crippen LogP contribution in [0.1, 0.15) is 63.4 Å². The van der Waals surface area contributed by atoms with Crippen molar-refractivity contribution >= 4 is 40.4 Å². The number of fused-ring (bicyclic) bond motifs is 1. The molecule has 1 N–H and O–H groups in total. The summed E-state index contributed by atoms with van der Waals surface area (Å²) in [5.41, 5.74) is 3.69. The number of amides is 2.